The lowest BCUT2D eigenvalue weighted by Crippen LogP contribution is -2.15. The second-order valence-electron chi connectivity index (χ2n) is 4.79. The molecule has 1 aromatic carbocycles. The summed E-state index contributed by atoms with van der Waals surface area (Å²) >= 11 is 3.21. The lowest BCUT2D eigenvalue weighted by molar-refractivity contribution is -0.112. The molecular weight excluding hydrogens is 402 g/mol. The monoisotopic (exact) mass is 415 g/mol. The van der Waals surface area contributed by atoms with Crippen molar-refractivity contribution in [1.82, 2.24) is 9.97 Å². The molecule has 0 saturated carbocycles. The molecule has 26 heavy (non-hydrogen) atoms. The maximum Gasteiger partial charge on any atom is 0.338 e. The fourth-order valence-corrected chi connectivity index (χ4v) is 1.98. The highest BCUT2D eigenvalue weighted by Gasteiger charge is 2.11. The lowest BCUT2D eigenvalue weighted by Gasteiger charge is -2.06. The number of anilines is 2. The molecule has 1 amide bonds. The van der Waals surface area contributed by atoms with E-state index in [1.807, 2.05) is 0 Å². The van der Waals surface area contributed by atoms with Gasteiger partial charge in [0.25, 0.3) is 5.91 Å². The minimum absolute atomic E-state index is 0.161. The minimum Gasteiger partial charge on any atom is -0.462 e. The average Bonchev–Trinajstić information content (AvgIpc) is 2.64. The second-order valence-corrected chi connectivity index (χ2v) is 5.71. The van der Waals surface area contributed by atoms with Gasteiger partial charge in [-0.25, -0.2) is 14.8 Å². The van der Waals surface area contributed by atoms with E-state index in [0.717, 1.165) is 0 Å². The van der Waals surface area contributed by atoms with Crippen LogP contribution in [0, 0.1) is 11.3 Å². The Bertz CT molecular complexity index is 857. The molecule has 0 fully saturated rings. The molecule has 0 radical (unpaired) electrons. The summed E-state index contributed by atoms with van der Waals surface area (Å²) in [4.78, 5) is 31.7. The van der Waals surface area contributed by atoms with E-state index in [1.54, 1.807) is 25.1 Å². The number of nitriles is 1. The van der Waals surface area contributed by atoms with Crippen LogP contribution in [0.5, 0.6) is 0 Å². The van der Waals surface area contributed by atoms with Crippen LogP contribution in [-0.4, -0.2) is 28.5 Å². The number of benzene rings is 1. The van der Waals surface area contributed by atoms with Gasteiger partial charge in [-0.15, -0.1) is 0 Å². The number of nitrogens with one attached hydrogen (secondary N) is 2. The topological polar surface area (TPSA) is 117 Å². The summed E-state index contributed by atoms with van der Waals surface area (Å²) < 4.78 is 5.59. The van der Waals surface area contributed by atoms with Crippen molar-refractivity contribution < 1.29 is 14.3 Å². The van der Waals surface area contributed by atoms with Crippen LogP contribution in [0.2, 0.25) is 0 Å². The van der Waals surface area contributed by atoms with Gasteiger partial charge in [-0.1, -0.05) is 0 Å². The third kappa shape index (κ3) is 5.39. The first-order valence-electron chi connectivity index (χ1n) is 7.46. The maximum atomic E-state index is 12.2. The minimum atomic E-state index is -0.610. The summed E-state index contributed by atoms with van der Waals surface area (Å²) in [5.74, 6) is -0.810. The van der Waals surface area contributed by atoms with E-state index in [4.69, 9.17) is 10.00 Å². The van der Waals surface area contributed by atoms with Gasteiger partial charge < -0.3 is 15.4 Å². The standard InChI is InChI=1S/C17H14BrN5O3/c1-2-26-16(25)11-3-5-14(6-4-11)23-15(24)12(7-19)8-20-17-21-9-13(18)10-22-17/h3-6,8-10H,2H2,1H3,(H,23,24)(H,20,21,22)/b12-8-. The summed E-state index contributed by atoms with van der Waals surface area (Å²) in [5.41, 5.74) is 0.644. The lowest BCUT2D eigenvalue weighted by atomic mass is 10.2. The molecule has 1 heterocycles. The predicted molar refractivity (Wildman–Crippen MR) is 98.1 cm³/mol. The Morgan fingerprint density at radius 1 is 1.27 bits per heavy atom. The highest BCUT2D eigenvalue weighted by molar-refractivity contribution is 9.10. The fourth-order valence-electron chi connectivity index (χ4n) is 1.77. The van der Waals surface area contributed by atoms with Crippen molar-refractivity contribution in [2.24, 2.45) is 0 Å². The summed E-state index contributed by atoms with van der Waals surface area (Å²) in [6, 6.07) is 7.94. The zero-order valence-corrected chi connectivity index (χ0v) is 15.3. The maximum absolute atomic E-state index is 12.2. The molecule has 0 aliphatic carbocycles. The van der Waals surface area contributed by atoms with Gasteiger partial charge in [0.05, 0.1) is 16.6 Å². The highest BCUT2D eigenvalue weighted by atomic mass is 79.9. The number of hydrogen-bond acceptors (Lipinski definition) is 7. The van der Waals surface area contributed by atoms with Gasteiger partial charge in [0.1, 0.15) is 11.6 Å². The van der Waals surface area contributed by atoms with Gasteiger partial charge in [0.2, 0.25) is 5.95 Å². The van der Waals surface area contributed by atoms with Crippen LogP contribution in [0.25, 0.3) is 0 Å². The first-order chi connectivity index (χ1) is 12.5. The van der Waals surface area contributed by atoms with Gasteiger partial charge in [0, 0.05) is 24.3 Å². The van der Waals surface area contributed by atoms with Gasteiger partial charge in [-0.05, 0) is 47.1 Å². The molecule has 0 unspecified atom stereocenters. The first-order valence-corrected chi connectivity index (χ1v) is 8.25. The molecule has 8 nitrogen and oxygen atoms in total. The zero-order valence-electron chi connectivity index (χ0n) is 13.7. The van der Waals surface area contributed by atoms with Crippen LogP contribution >= 0.6 is 15.9 Å². The molecule has 0 bridgehead atoms. The number of nitrogens with zero attached hydrogens (tertiary/aromatic N) is 3. The van der Waals surface area contributed by atoms with Gasteiger partial charge >= 0.3 is 5.97 Å². The number of ether oxygens (including phenoxy) is 1. The molecule has 0 aliphatic heterocycles. The van der Waals surface area contributed by atoms with E-state index in [0.29, 0.717) is 15.7 Å². The average molecular weight is 416 g/mol. The Labute approximate surface area is 158 Å². The van der Waals surface area contributed by atoms with E-state index < -0.39 is 11.9 Å². The SMILES string of the molecule is CCOC(=O)c1ccc(NC(=O)/C(C#N)=C\Nc2ncc(Br)cn2)cc1. The Morgan fingerprint density at radius 3 is 2.50 bits per heavy atom. The zero-order chi connectivity index (χ0) is 18.9. The van der Waals surface area contributed by atoms with Crippen molar-refractivity contribution in [2.75, 3.05) is 17.2 Å². The Morgan fingerprint density at radius 2 is 1.92 bits per heavy atom. The number of halogens is 1. The molecule has 0 aliphatic rings. The Balaban J connectivity index is 2.02. The van der Waals surface area contributed by atoms with Crippen molar-refractivity contribution in [3.05, 3.63) is 58.5 Å². The fraction of sp³-hybridized carbons (Fsp3) is 0.118. The van der Waals surface area contributed by atoms with Gasteiger partial charge in [-0.3, -0.25) is 4.79 Å². The van der Waals surface area contributed by atoms with Crippen LogP contribution < -0.4 is 10.6 Å². The molecule has 2 N–H and O–H groups in total. The number of hydrogen-bond donors (Lipinski definition) is 2. The highest BCUT2D eigenvalue weighted by Crippen LogP contribution is 2.12. The molecule has 9 heteroatoms. The van der Waals surface area contributed by atoms with E-state index >= 15 is 0 Å². The van der Waals surface area contributed by atoms with E-state index in [1.165, 1.54) is 30.7 Å². The predicted octanol–water partition coefficient (Wildman–Crippen LogP) is 2.87. The van der Waals surface area contributed by atoms with Crippen molar-refractivity contribution >= 4 is 39.4 Å². The number of carbonyl (C=O) groups is 2. The van der Waals surface area contributed by atoms with Crippen LogP contribution in [0.15, 0.2) is 52.9 Å². The van der Waals surface area contributed by atoms with Crippen LogP contribution in [-0.2, 0) is 9.53 Å². The summed E-state index contributed by atoms with van der Waals surface area (Å²) in [5, 5.41) is 14.4. The Hall–Kier alpha value is -3.25. The summed E-state index contributed by atoms with van der Waals surface area (Å²) in [6.45, 7) is 2.00. The van der Waals surface area contributed by atoms with Crippen LogP contribution in [0.3, 0.4) is 0 Å². The van der Waals surface area contributed by atoms with Crippen molar-refractivity contribution in [2.45, 2.75) is 6.92 Å². The van der Waals surface area contributed by atoms with E-state index in [9.17, 15) is 9.59 Å². The molecule has 2 aromatic rings. The number of aromatic nitrogens is 2. The normalized spacial score (nSPS) is 10.6. The van der Waals surface area contributed by atoms with Crippen LogP contribution in [0.4, 0.5) is 11.6 Å². The number of amides is 1. The molecule has 1 aromatic heterocycles. The molecular formula is C17H14BrN5O3. The van der Waals surface area contributed by atoms with Crippen molar-refractivity contribution in [1.29, 1.82) is 5.26 Å². The Kier molecular flexibility index (Phi) is 6.82. The number of rotatable bonds is 6. The second kappa shape index (κ2) is 9.29. The molecule has 0 spiro atoms. The van der Waals surface area contributed by atoms with E-state index in [2.05, 4.69) is 36.5 Å². The van der Waals surface area contributed by atoms with Crippen molar-refractivity contribution in [3.8, 4) is 6.07 Å². The quantitative estimate of drug-likeness (QED) is 0.423. The van der Waals surface area contributed by atoms with Crippen LogP contribution in [0.1, 0.15) is 17.3 Å². The molecule has 0 atom stereocenters. The molecule has 2 rings (SSSR count). The third-order valence-electron chi connectivity index (χ3n) is 2.98. The van der Waals surface area contributed by atoms with Gasteiger partial charge in [0.15, 0.2) is 0 Å². The van der Waals surface area contributed by atoms with Gasteiger partial charge in [-0.2, -0.15) is 5.26 Å². The third-order valence-corrected chi connectivity index (χ3v) is 3.39. The largest absolute Gasteiger partial charge is 0.462 e. The number of esters is 1. The molecule has 132 valence electrons. The summed E-state index contributed by atoms with van der Waals surface area (Å²) in [6.07, 6.45) is 4.27. The first kappa shape index (κ1) is 19.1. The summed E-state index contributed by atoms with van der Waals surface area (Å²) in [7, 11) is 0. The van der Waals surface area contributed by atoms with E-state index in [-0.39, 0.29) is 18.1 Å². The smallest absolute Gasteiger partial charge is 0.338 e. The van der Waals surface area contributed by atoms with Crippen molar-refractivity contribution in [3.63, 3.8) is 0 Å². The molecule has 0 saturated heterocycles. The number of carbonyl (C=O) groups excluding carboxylic acids is 2.